The Morgan fingerprint density at radius 1 is 1.26 bits per heavy atom. The number of aromatic nitrogens is 3. The standard InChI is InChI=1S/C20H24ClN7O3/c21-13-3-5-15(6-4-13)28-19(30)17(23-20(28)31)7-8-18(29)26-9-1-2-16(12-26)27-11-14(10-22)24-25-27/h3-6,11,16-17H,1-2,7-10,12,22H2,(H,23,31). The number of carbonyl (C=O) groups excluding carboxylic acids is 3. The highest BCUT2D eigenvalue weighted by Crippen LogP contribution is 2.25. The van der Waals surface area contributed by atoms with E-state index in [-0.39, 0.29) is 30.7 Å². The molecular formula is C20H24ClN7O3. The lowest BCUT2D eigenvalue weighted by molar-refractivity contribution is -0.133. The number of imide groups is 1. The Morgan fingerprint density at radius 3 is 2.74 bits per heavy atom. The maximum absolute atomic E-state index is 12.8. The van der Waals surface area contributed by atoms with Gasteiger partial charge in [-0.15, -0.1) is 5.10 Å². The smallest absolute Gasteiger partial charge is 0.329 e. The molecule has 2 unspecified atom stereocenters. The van der Waals surface area contributed by atoms with Gasteiger partial charge < -0.3 is 16.0 Å². The molecule has 0 aliphatic carbocycles. The fourth-order valence-electron chi connectivity index (χ4n) is 3.97. The summed E-state index contributed by atoms with van der Waals surface area (Å²) in [6.07, 6.45) is 4.00. The third kappa shape index (κ3) is 4.54. The molecule has 2 aliphatic rings. The molecule has 0 radical (unpaired) electrons. The largest absolute Gasteiger partial charge is 0.341 e. The molecule has 3 N–H and O–H groups in total. The molecule has 164 valence electrons. The molecule has 0 bridgehead atoms. The van der Waals surface area contributed by atoms with Crippen LogP contribution in [-0.4, -0.2) is 56.9 Å². The van der Waals surface area contributed by atoms with Crippen LogP contribution in [0.25, 0.3) is 0 Å². The van der Waals surface area contributed by atoms with Crippen molar-refractivity contribution < 1.29 is 14.4 Å². The number of benzene rings is 1. The Kier molecular flexibility index (Phi) is 6.19. The predicted molar refractivity (Wildman–Crippen MR) is 113 cm³/mol. The van der Waals surface area contributed by atoms with Crippen molar-refractivity contribution in [3.63, 3.8) is 0 Å². The molecule has 4 amide bonds. The second-order valence-corrected chi connectivity index (χ2v) is 8.16. The SMILES string of the molecule is NCc1cn(C2CCCN(C(=O)CCC3NC(=O)N(c4ccc(Cl)cc4)C3=O)C2)nn1. The van der Waals surface area contributed by atoms with E-state index in [2.05, 4.69) is 15.6 Å². The van der Waals surface area contributed by atoms with Gasteiger partial charge in [-0.05, 0) is 43.5 Å². The van der Waals surface area contributed by atoms with E-state index >= 15 is 0 Å². The normalized spacial score (nSPS) is 21.5. The van der Waals surface area contributed by atoms with Gasteiger partial charge in [0.2, 0.25) is 5.91 Å². The van der Waals surface area contributed by atoms with Crippen molar-refractivity contribution in [1.82, 2.24) is 25.2 Å². The Bertz CT molecular complexity index is 977. The van der Waals surface area contributed by atoms with E-state index in [1.54, 1.807) is 33.8 Å². The summed E-state index contributed by atoms with van der Waals surface area (Å²) >= 11 is 5.88. The van der Waals surface area contributed by atoms with Gasteiger partial charge >= 0.3 is 6.03 Å². The van der Waals surface area contributed by atoms with Gasteiger partial charge in [0.25, 0.3) is 5.91 Å². The Morgan fingerprint density at radius 2 is 2.03 bits per heavy atom. The average molecular weight is 446 g/mol. The van der Waals surface area contributed by atoms with Gasteiger partial charge in [-0.25, -0.2) is 14.4 Å². The van der Waals surface area contributed by atoms with E-state index < -0.39 is 12.1 Å². The Balaban J connectivity index is 1.33. The summed E-state index contributed by atoms with van der Waals surface area (Å²) in [6, 6.07) is 5.29. The molecule has 1 aromatic carbocycles. The van der Waals surface area contributed by atoms with Crippen molar-refractivity contribution in [2.45, 2.75) is 44.3 Å². The summed E-state index contributed by atoms with van der Waals surface area (Å²) < 4.78 is 1.77. The molecule has 2 aromatic rings. The van der Waals surface area contributed by atoms with Crippen molar-refractivity contribution in [2.24, 2.45) is 5.73 Å². The van der Waals surface area contributed by atoms with Gasteiger partial charge in [0.05, 0.1) is 23.6 Å². The maximum atomic E-state index is 12.8. The molecule has 2 aliphatic heterocycles. The second kappa shape index (κ2) is 9.03. The van der Waals surface area contributed by atoms with E-state index in [1.807, 2.05) is 6.20 Å². The Labute approximate surface area is 184 Å². The molecule has 1 aromatic heterocycles. The third-order valence-electron chi connectivity index (χ3n) is 5.64. The number of hydrogen-bond donors (Lipinski definition) is 2. The molecular weight excluding hydrogens is 422 g/mol. The lowest BCUT2D eigenvalue weighted by atomic mass is 10.0. The van der Waals surface area contributed by atoms with Crippen LogP contribution >= 0.6 is 11.6 Å². The van der Waals surface area contributed by atoms with E-state index in [1.165, 1.54) is 0 Å². The van der Waals surface area contributed by atoms with Gasteiger partial charge in [0, 0.05) is 31.1 Å². The first-order chi connectivity index (χ1) is 15.0. The number of nitrogens with zero attached hydrogens (tertiary/aromatic N) is 5. The second-order valence-electron chi connectivity index (χ2n) is 7.72. The number of rotatable bonds is 6. The lowest BCUT2D eigenvalue weighted by Gasteiger charge is -2.32. The summed E-state index contributed by atoms with van der Waals surface area (Å²) in [5, 5.41) is 11.3. The number of carbonyl (C=O) groups is 3. The Hall–Kier alpha value is -2.98. The van der Waals surface area contributed by atoms with Crippen LogP contribution in [0.2, 0.25) is 5.02 Å². The van der Waals surface area contributed by atoms with Crippen LogP contribution in [0.3, 0.4) is 0 Å². The number of nitrogens with one attached hydrogen (secondary N) is 1. The summed E-state index contributed by atoms with van der Waals surface area (Å²) in [6.45, 7) is 1.52. The molecule has 10 nitrogen and oxygen atoms in total. The highest BCUT2D eigenvalue weighted by atomic mass is 35.5. The molecule has 0 spiro atoms. The zero-order chi connectivity index (χ0) is 22.0. The number of urea groups is 1. The van der Waals surface area contributed by atoms with Crippen LogP contribution in [-0.2, 0) is 16.1 Å². The topological polar surface area (TPSA) is 126 Å². The van der Waals surface area contributed by atoms with Crippen LogP contribution in [0.1, 0.15) is 37.4 Å². The van der Waals surface area contributed by atoms with Gasteiger partial charge in [0.1, 0.15) is 6.04 Å². The summed E-state index contributed by atoms with van der Waals surface area (Å²) in [5.41, 5.74) is 6.76. The van der Waals surface area contributed by atoms with Crippen LogP contribution in [0.5, 0.6) is 0 Å². The number of piperidine rings is 1. The van der Waals surface area contributed by atoms with Crippen LogP contribution < -0.4 is 16.0 Å². The van der Waals surface area contributed by atoms with Crippen LogP contribution in [0.4, 0.5) is 10.5 Å². The van der Waals surface area contributed by atoms with Gasteiger partial charge in [-0.3, -0.25) is 9.59 Å². The van der Waals surface area contributed by atoms with Gasteiger partial charge in [0.15, 0.2) is 0 Å². The molecule has 4 rings (SSSR count). The van der Waals surface area contributed by atoms with E-state index in [0.717, 1.165) is 17.7 Å². The number of nitrogens with two attached hydrogens (primary N) is 1. The summed E-state index contributed by atoms with van der Waals surface area (Å²) in [7, 11) is 0. The minimum absolute atomic E-state index is 0.0455. The quantitative estimate of drug-likeness (QED) is 0.648. The number of halogens is 1. The molecule has 0 saturated carbocycles. The average Bonchev–Trinajstić information content (AvgIpc) is 3.37. The van der Waals surface area contributed by atoms with Crippen molar-refractivity contribution in [3.05, 3.63) is 41.2 Å². The van der Waals surface area contributed by atoms with Crippen molar-refractivity contribution in [3.8, 4) is 0 Å². The van der Waals surface area contributed by atoms with Crippen LogP contribution in [0.15, 0.2) is 30.5 Å². The number of likely N-dealkylation sites (tertiary alicyclic amines) is 1. The van der Waals surface area contributed by atoms with Crippen molar-refractivity contribution in [1.29, 1.82) is 0 Å². The molecule has 11 heteroatoms. The first-order valence-electron chi connectivity index (χ1n) is 10.2. The number of hydrogen-bond acceptors (Lipinski definition) is 6. The fraction of sp³-hybridized carbons (Fsp3) is 0.450. The number of anilines is 1. The summed E-state index contributed by atoms with van der Waals surface area (Å²) in [4.78, 5) is 40.7. The van der Waals surface area contributed by atoms with E-state index in [9.17, 15) is 14.4 Å². The maximum Gasteiger partial charge on any atom is 0.329 e. The predicted octanol–water partition coefficient (Wildman–Crippen LogP) is 1.46. The lowest BCUT2D eigenvalue weighted by Crippen LogP contribution is -2.41. The van der Waals surface area contributed by atoms with E-state index in [0.29, 0.717) is 36.0 Å². The minimum atomic E-state index is -0.727. The monoisotopic (exact) mass is 445 g/mol. The zero-order valence-corrected chi connectivity index (χ0v) is 17.7. The van der Waals surface area contributed by atoms with Gasteiger partial charge in [-0.1, -0.05) is 16.8 Å². The molecule has 3 heterocycles. The highest BCUT2D eigenvalue weighted by Gasteiger charge is 2.39. The number of amides is 4. The molecule has 31 heavy (non-hydrogen) atoms. The zero-order valence-electron chi connectivity index (χ0n) is 16.9. The summed E-state index contributed by atoms with van der Waals surface area (Å²) in [5.74, 6) is -0.413. The van der Waals surface area contributed by atoms with Crippen LogP contribution in [0, 0.1) is 0 Å². The fourth-order valence-corrected chi connectivity index (χ4v) is 4.10. The molecule has 2 atom stereocenters. The minimum Gasteiger partial charge on any atom is -0.341 e. The highest BCUT2D eigenvalue weighted by molar-refractivity contribution is 6.30. The van der Waals surface area contributed by atoms with Crippen molar-refractivity contribution >= 4 is 35.1 Å². The molecule has 2 saturated heterocycles. The third-order valence-corrected chi connectivity index (χ3v) is 5.89. The first kappa shape index (κ1) is 21.3. The van der Waals surface area contributed by atoms with E-state index in [4.69, 9.17) is 17.3 Å². The van der Waals surface area contributed by atoms with Gasteiger partial charge in [-0.2, -0.15) is 0 Å². The first-order valence-corrected chi connectivity index (χ1v) is 10.6. The van der Waals surface area contributed by atoms with Crippen molar-refractivity contribution in [2.75, 3.05) is 18.0 Å². The molecule has 2 fully saturated rings.